The summed E-state index contributed by atoms with van der Waals surface area (Å²) in [6.45, 7) is 0. The monoisotopic (exact) mass is 250 g/mol. The number of methoxy groups -OCH3 is 1. The Morgan fingerprint density at radius 1 is 1.53 bits per heavy atom. The molecule has 1 heterocycles. The van der Waals surface area contributed by atoms with E-state index >= 15 is 0 Å². The number of hydrogen-bond donors (Lipinski definition) is 2. The van der Waals surface area contributed by atoms with Crippen LogP contribution in [-0.4, -0.2) is 23.2 Å². The van der Waals surface area contributed by atoms with Gasteiger partial charge in [-0.2, -0.15) is 0 Å². The number of nitrogens with two attached hydrogens (primary N) is 1. The van der Waals surface area contributed by atoms with Crippen molar-refractivity contribution < 1.29 is 14.6 Å². The third kappa shape index (κ3) is 2.21. The molecule has 0 aliphatic heterocycles. The minimum Gasteiger partial charge on any atom is -0.507 e. The first kappa shape index (κ1) is 11.4. The van der Waals surface area contributed by atoms with Crippen molar-refractivity contribution in [3.05, 3.63) is 29.1 Å². The second kappa shape index (κ2) is 4.42. The summed E-state index contributed by atoms with van der Waals surface area (Å²) in [6.07, 6.45) is 0. The minimum absolute atomic E-state index is 0.0444. The van der Waals surface area contributed by atoms with Gasteiger partial charge in [0, 0.05) is 10.9 Å². The van der Waals surface area contributed by atoms with Gasteiger partial charge in [0.15, 0.2) is 5.13 Å². The van der Waals surface area contributed by atoms with Crippen LogP contribution < -0.4 is 5.73 Å². The van der Waals surface area contributed by atoms with Crippen LogP contribution in [0, 0.1) is 0 Å². The molecular weight excluding hydrogens is 240 g/mol. The molecule has 1 aromatic heterocycles. The van der Waals surface area contributed by atoms with Gasteiger partial charge in [-0.25, -0.2) is 9.78 Å². The number of esters is 1. The van der Waals surface area contributed by atoms with Crippen LogP contribution in [0.25, 0.3) is 11.3 Å². The largest absolute Gasteiger partial charge is 0.507 e. The number of anilines is 1. The minimum atomic E-state index is -0.463. The van der Waals surface area contributed by atoms with Crippen molar-refractivity contribution in [2.75, 3.05) is 12.8 Å². The summed E-state index contributed by atoms with van der Waals surface area (Å²) in [5.41, 5.74) is 6.87. The number of aromatic nitrogens is 1. The molecule has 0 amide bonds. The molecule has 2 rings (SSSR count). The van der Waals surface area contributed by atoms with E-state index in [9.17, 15) is 9.90 Å². The fourth-order valence-corrected chi connectivity index (χ4v) is 1.96. The highest BCUT2D eigenvalue weighted by atomic mass is 32.1. The zero-order valence-electron chi connectivity index (χ0n) is 9.01. The average molecular weight is 250 g/mol. The Bertz CT molecular complexity index is 566. The number of thiazole rings is 1. The Morgan fingerprint density at radius 3 is 2.88 bits per heavy atom. The second-order valence-electron chi connectivity index (χ2n) is 3.29. The summed E-state index contributed by atoms with van der Waals surface area (Å²) in [6, 6.07) is 4.44. The van der Waals surface area contributed by atoms with E-state index in [0.29, 0.717) is 22.0 Å². The predicted octanol–water partition coefficient (Wildman–Crippen LogP) is 1.88. The van der Waals surface area contributed by atoms with Crippen LogP contribution in [-0.2, 0) is 4.74 Å². The first-order valence-corrected chi connectivity index (χ1v) is 5.62. The lowest BCUT2D eigenvalue weighted by molar-refractivity contribution is 0.0601. The Hall–Kier alpha value is -2.08. The number of phenols is 1. The number of carbonyl (C=O) groups excluding carboxylic acids is 1. The van der Waals surface area contributed by atoms with E-state index < -0.39 is 5.97 Å². The van der Waals surface area contributed by atoms with E-state index in [1.807, 2.05) is 0 Å². The highest BCUT2D eigenvalue weighted by Crippen LogP contribution is 2.31. The van der Waals surface area contributed by atoms with Crippen LogP contribution in [0.4, 0.5) is 5.13 Å². The lowest BCUT2D eigenvalue weighted by atomic mass is 10.1. The van der Waals surface area contributed by atoms with Gasteiger partial charge in [0.2, 0.25) is 0 Å². The van der Waals surface area contributed by atoms with Gasteiger partial charge in [-0.1, -0.05) is 0 Å². The third-order valence-electron chi connectivity index (χ3n) is 2.22. The summed E-state index contributed by atoms with van der Waals surface area (Å²) in [4.78, 5) is 15.4. The Kier molecular flexibility index (Phi) is 2.97. The van der Waals surface area contributed by atoms with Crippen LogP contribution in [0.15, 0.2) is 23.6 Å². The molecule has 3 N–H and O–H groups in total. The lowest BCUT2D eigenvalue weighted by Gasteiger charge is -2.04. The van der Waals surface area contributed by atoms with Crippen LogP contribution in [0.3, 0.4) is 0 Å². The van der Waals surface area contributed by atoms with E-state index in [2.05, 4.69) is 9.72 Å². The molecule has 6 heteroatoms. The maximum Gasteiger partial charge on any atom is 0.337 e. The second-order valence-corrected chi connectivity index (χ2v) is 4.18. The molecule has 0 fully saturated rings. The Balaban J connectivity index is 2.49. The number of rotatable bonds is 2. The first-order chi connectivity index (χ1) is 8.11. The number of nitrogen functional groups attached to an aromatic ring is 1. The van der Waals surface area contributed by atoms with Crippen molar-refractivity contribution in [1.82, 2.24) is 4.98 Å². The fourth-order valence-electron chi connectivity index (χ4n) is 1.40. The Labute approximate surface area is 101 Å². The highest BCUT2D eigenvalue weighted by molar-refractivity contribution is 7.13. The molecule has 88 valence electrons. The standard InChI is InChI=1S/C11H10N2O3S/c1-16-10(15)6-2-3-9(14)7(4-6)8-5-17-11(12)13-8/h2-5,14H,1H3,(H2,12,13). The summed E-state index contributed by atoms with van der Waals surface area (Å²) < 4.78 is 4.61. The number of aromatic hydroxyl groups is 1. The molecule has 17 heavy (non-hydrogen) atoms. The van der Waals surface area contributed by atoms with Gasteiger partial charge in [0.1, 0.15) is 5.75 Å². The molecule has 2 aromatic rings. The number of hydrogen-bond acceptors (Lipinski definition) is 6. The van der Waals surface area contributed by atoms with Gasteiger partial charge in [0.05, 0.1) is 18.4 Å². The number of ether oxygens (including phenoxy) is 1. The Morgan fingerprint density at radius 2 is 2.29 bits per heavy atom. The SMILES string of the molecule is COC(=O)c1ccc(O)c(-c2csc(N)n2)c1. The molecule has 5 nitrogen and oxygen atoms in total. The number of benzene rings is 1. The van der Waals surface area contributed by atoms with Crippen LogP contribution in [0.1, 0.15) is 10.4 Å². The van der Waals surface area contributed by atoms with E-state index in [-0.39, 0.29) is 5.75 Å². The topological polar surface area (TPSA) is 85.4 Å². The molecule has 0 unspecified atom stereocenters. The molecule has 0 radical (unpaired) electrons. The highest BCUT2D eigenvalue weighted by Gasteiger charge is 2.12. The molecule has 0 atom stereocenters. The van der Waals surface area contributed by atoms with Gasteiger partial charge in [0.25, 0.3) is 0 Å². The summed E-state index contributed by atoms with van der Waals surface area (Å²) in [5.74, 6) is -0.419. The van der Waals surface area contributed by atoms with Gasteiger partial charge in [-0.05, 0) is 18.2 Å². The van der Waals surface area contributed by atoms with Crippen molar-refractivity contribution in [1.29, 1.82) is 0 Å². The summed E-state index contributed by atoms with van der Waals surface area (Å²) >= 11 is 1.27. The fraction of sp³-hybridized carbons (Fsp3) is 0.0909. The van der Waals surface area contributed by atoms with E-state index in [4.69, 9.17) is 5.73 Å². The maximum absolute atomic E-state index is 11.4. The van der Waals surface area contributed by atoms with E-state index in [1.54, 1.807) is 5.38 Å². The normalized spacial score (nSPS) is 10.2. The smallest absolute Gasteiger partial charge is 0.337 e. The van der Waals surface area contributed by atoms with Crippen LogP contribution in [0.5, 0.6) is 5.75 Å². The first-order valence-electron chi connectivity index (χ1n) is 4.74. The van der Waals surface area contributed by atoms with E-state index in [1.165, 1.54) is 36.6 Å². The molecule has 0 aliphatic rings. The summed E-state index contributed by atoms with van der Waals surface area (Å²) in [7, 11) is 1.30. The zero-order valence-corrected chi connectivity index (χ0v) is 9.82. The van der Waals surface area contributed by atoms with Crippen LogP contribution >= 0.6 is 11.3 Å². The molecular formula is C11H10N2O3S. The number of nitrogens with zero attached hydrogens (tertiary/aromatic N) is 1. The quantitative estimate of drug-likeness (QED) is 0.795. The number of phenolic OH excluding ortho intramolecular Hbond substituents is 1. The van der Waals surface area contributed by atoms with Gasteiger partial charge < -0.3 is 15.6 Å². The molecule has 1 aromatic carbocycles. The van der Waals surface area contributed by atoms with Gasteiger partial charge >= 0.3 is 5.97 Å². The lowest BCUT2D eigenvalue weighted by Crippen LogP contribution is -2.01. The average Bonchev–Trinajstić information content (AvgIpc) is 2.75. The van der Waals surface area contributed by atoms with Crippen molar-refractivity contribution >= 4 is 22.4 Å². The van der Waals surface area contributed by atoms with Crippen molar-refractivity contribution in [2.45, 2.75) is 0 Å². The maximum atomic E-state index is 11.4. The van der Waals surface area contributed by atoms with E-state index in [0.717, 1.165) is 0 Å². The van der Waals surface area contributed by atoms with Crippen molar-refractivity contribution in [3.63, 3.8) is 0 Å². The predicted molar refractivity (Wildman–Crippen MR) is 65.0 cm³/mol. The van der Waals surface area contributed by atoms with Crippen molar-refractivity contribution in [2.24, 2.45) is 0 Å². The number of carbonyl (C=O) groups is 1. The van der Waals surface area contributed by atoms with Gasteiger partial charge in [-0.3, -0.25) is 0 Å². The molecule has 0 spiro atoms. The zero-order chi connectivity index (χ0) is 12.4. The third-order valence-corrected chi connectivity index (χ3v) is 2.89. The van der Waals surface area contributed by atoms with Crippen molar-refractivity contribution in [3.8, 4) is 17.0 Å². The molecule has 0 aliphatic carbocycles. The molecule has 0 bridgehead atoms. The molecule has 0 saturated carbocycles. The summed E-state index contributed by atoms with van der Waals surface area (Å²) in [5, 5.41) is 11.8. The van der Waals surface area contributed by atoms with Crippen LogP contribution in [0.2, 0.25) is 0 Å². The van der Waals surface area contributed by atoms with Gasteiger partial charge in [-0.15, -0.1) is 11.3 Å². The molecule has 0 saturated heterocycles.